The molecule has 0 N–H and O–H groups in total. The SMILES string of the molecule is c1ccc(Oc2ccc3c(c2)C(c2ccccc2)(c2ccccc2)c2cccc4cccc-3c24)cc1. The second-order valence-corrected chi connectivity index (χ2v) is 9.31. The molecule has 1 heteroatoms. The minimum absolute atomic E-state index is 0.484. The van der Waals surface area contributed by atoms with E-state index in [2.05, 4.69) is 115 Å². The highest BCUT2D eigenvalue weighted by Gasteiger charge is 2.44. The first kappa shape index (κ1) is 20.7. The molecule has 0 heterocycles. The summed E-state index contributed by atoms with van der Waals surface area (Å²) < 4.78 is 6.37. The summed E-state index contributed by atoms with van der Waals surface area (Å²) in [4.78, 5) is 0. The Morgan fingerprint density at radius 3 is 1.69 bits per heavy atom. The topological polar surface area (TPSA) is 9.23 Å². The van der Waals surface area contributed by atoms with Crippen LogP contribution in [0.5, 0.6) is 11.5 Å². The zero-order valence-electron chi connectivity index (χ0n) is 19.8. The molecule has 7 rings (SSSR count). The van der Waals surface area contributed by atoms with Crippen LogP contribution in [0.3, 0.4) is 0 Å². The van der Waals surface area contributed by atoms with Gasteiger partial charge < -0.3 is 4.74 Å². The standard InChI is InChI=1S/C35H24O/c1-4-14-26(15-5-1)35(27-16-6-2-7-17-27)32-21-11-13-25-12-10-20-31(34(25)32)30-23-22-29(24-33(30)35)36-28-18-8-3-9-19-28/h1-24H. The molecule has 0 aromatic heterocycles. The molecule has 1 aliphatic carbocycles. The van der Waals surface area contributed by atoms with Gasteiger partial charge in [0.1, 0.15) is 11.5 Å². The van der Waals surface area contributed by atoms with E-state index in [0.29, 0.717) is 0 Å². The molecule has 0 aliphatic heterocycles. The van der Waals surface area contributed by atoms with Crippen molar-refractivity contribution in [2.75, 3.05) is 0 Å². The molecule has 0 unspecified atom stereocenters. The van der Waals surface area contributed by atoms with Crippen LogP contribution in [0.2, 0.25) is 0 Å². The monoisotopic (exact) mass is 460 g/mol. The predicted molar refractivity (Wildman–Crippen MR) is 148 cm³/mol. The maximum atomic E-state index is 6.37. The fraction of sp³-hybridized carbons (Fsp3) is 0.0286. The van der Waals surface area contributed by atoms with Gasteiger partial charge in [0.05, 0.1) is 5.41 Å². The molecule has 0 radical (unpaired) electrons. The molecule has 0 bridgehead atoms. The third kappa shape index (κ3) is 3.03. The molecule has 0 fully saturated rings. The number of hydrogen-bond donors (Lipinski definition) is 0. The van der Waals surface area contributed by atoms with Gasteiger partial charge in [-0.3, -0.25) is 0 Å². The Balaban J connectivity index is 1.62. The van der Waals surface area contributed by atoms with Crippen LogP contribution >= 0.6 is 0 Å². The van der Waals surface area contributed by atoms with Crippen LogP contribution in [0.25, 0.3) is 21.9 Å². The van der Waals surface area contributed by atoms with Gasteiger partial charge in [-0.15, -0.1) is 0 Å². The van der Waals surface area contributed by atoms with E-state index in [0.717, 1.165) is 11.5 Å². The molecule has 0 spiro atoms. The number of hydrogen-bond acceptors (Lipinski definition) is 1. The van der Waals surface area contributed by atoms with Crippen LogP contribution < -0.4 is 4.74 Å². The van der Waals surface area contributed by atoms with Crippen molar-refractivity contribution in [2.24, 2.45) is 0 Å². The summed E-state index contributed by atoms with van der Waals surface area (Å²) in [7, 11) is 0. The van der Waals surface area contributed by atoms with Crippen LogP contribution in [0.4, 0.5) is 0 Å². The van der Waals surface area contributed by atoms with Crippen molar-refractivity contribution in [3.8, 4) is 22.6 Å². The number of rotatable bonds is 4. The third-order valence-electron chi connectivity index (χ3n) is 7.39. The molecule has 0 saturated heterocycles. The Kier molecular flexibility index (Phi) is 4.75. The highest BCUT2D eigenvalue weighted by atomic mass is 16.5. The maximum absolute atomic E-state index is 6.37. The Bertz CT molecular complexity index is 1640. The molecule has 0 amide bonds. The lowest BCUT2D eigenvalue weighted by Crippen LogP contribution is -2.33. The van der Waals surface area contributed by atoms with Crippen LogP contribution in [-0.2, 0) is 5.41 Å². The van der Waals surface area contributed by atoms with E-state index in [-0.39, 0.29) is 0 Å². The van der Waals surface area contributed by atoms with Gasteiger partial charge in [0, 0.05) is 0 Å². The first-order chi connectivity index (χ1) is 17.9. The molecule has 1 aliphatic rings. The van der Waals surface area contributed by atoms with Gasteiger partial charge in [0.15, 0.2) is 0 Å². The van der Waals surface area contributed by atoms with Gasteiger partial charge in [0.25, 0.3) is 0 Å². The second kappa shape index (κ2) is 8.25. The van der Waals surface area contributed by atoms with Crippen molar-refractivity contribution in [2.45, 2.75) is 5.41 Å². The minimum atomic E-state index is -0.484. The summed E-state index contributed by atoms with van der Waals surface area (Å²) in [5.74, 6) is 1.67. The van der Waals surface area contributed by atoms with E-state index in [1.165, 1.54) is 44.2 Å². The quantitative estimate of drug-likeness (QED) is 0.255. The van der Waals surface area contributed by atoms with Crippen molar-refractivity contribution < 1.29 is 4.74 Å². The minimum Gasteiger partial charge on any atom is -0.457 e. The van der Waals surface area contributed by atoms with E-state index in [4.69, 9.17) is 4.74 Å². The third-order valence-corrected chi connectivity index (χ3v) is 7.39. The lowest BCUT2D eigenvalue weighted by molar-refractivity contribution is 0.481. The molecule has 1 nitrogen and oxygen atoms in total. The first-order valence-corrected chi connectivity index (χ1v) is 12.4. The van der Waals surface area contributed by atoms with Gasteiger partial charge in [0.2, 0.25) is 0 Å². The molecule has 36 heavy (non-hydrogen) atoms. The zero-order chi connectivity index (χ0) is 24.0. The van der Waals surface area contributed by atoms with Crippen molar-refractivity contribution in [3.63, 3.8) is 0 Å². The molecule has 6 aromatic carbocycles. The zero-order valence-corrected chi connectivity index (χ0v) is 19.8. The van der Waals surface area contributed by atoms with Gasteiger partial charge >= 0.3 is 0 Å². The van der Waals surface area contributed by atoms with Crippen molar-refractivity contribution in [1.29, 1.82) is 0 Å². The molecule has 0 saturated carbocycles. The van der Waals surface area contributed by atoms with Gasteiger partial charge in [-0.25, -0.2) is 0 Å². The normalized spacial score (nSPS) is 13.2. The largest absolute Gasteiger partial charge is 0.457 e. The van der Waals surface area contributed by atoms with Crippen LogP contribution in [-0.4, -0.2) is 0 Å². The van der Waals surface area contributed by atoms with E-state index in [9.17, 15) is 0 Å². The van der Waals surface area contributed by atoms with Crippen LogP contribution in [0.15, 0.2) is 146 Å². The Hall–Kier alpha value is -4.62. The van der Waals surface area contributed by atoms with E-state index < -0.39 is 5.41 Å². The van der Waals surface area contributed by atoms with Gasteiger partial charge in [-0.05, 0) is 68.4 Å². The van der Waals surface area contributed by atoms with Crippen molar-refractivity contribution in [3.05, 3.63) is 168 Å². The smallest absolute Gasteiger partial charge is 0.127 e. The Labute approximate surface area is 211 Å². The van der Waals surface area contributed by atoms with Crippen molar-refractivity contribution >= 4 is 10.8 Å². The fourth-order valence-electron chi connectivity index (χ4n) is 5.94. The summed E-state index contributed by atoms with van der Waals surface area (Å²) in [6, 6.07) is 51.7. The lowest BCUT2D eigenvalue weighted by Gasteiger charge is -2.42. The maximum Gasteiger partial charge on any atom is 0.127 e. The fourth-order valence-corrected chi connectivity index (χ4v) is 5.94. The van der Waals surface area contributed by atoms with Crippen LogP contribution in [0.1, 0.15) is 22.3 Å². The number of para-hydroxylation sites is 1. The van der Waals surface area contributed by atoms with E-state index in [1.807, 2.05) is 30.3 Å². The molecular weight excluding hydrogens is 436 g/mol. The lowest BCUT2D eigenvalue weighted by atomic mass is 9.59. The highest BCUT2D eigenvalue weighted by molar-refractivity contribution is 6.05. The molecule has 170 valence electrons. The number of ether oxygens (including phenoxy) is 1. The second-order valence-electron chi connectivity index (χ2n) is 9.31. The summed E-state index contributed by atoms with van der Waals surface area (Å²) in [5.41, 5.74) is 7.06. The van der Waals surface area contributed by atoms with E-state index >= 15 is 0 Å². The Morgan fingerprint density at radius 2 is 1.03 bits per heavy atom. The number of fused-ring (bicyclic) bond motifs is 2. The molecular formula is C35H24O. The average molecular weight is 461 g/mol. The first-order valence-electron chi connectivity index (χ1n) is 12.4. The summed E-state index contributed by atoms with van der Waals surface area (Å²) >= 11 is 0. The highest BCUT2D eigenvalue weighted by Crippen LogP contribution is 2.55. The predicted octanol–water partition coefficient (Wildman–Crippen LogP) is 9.00. The average Bonchev–Trinajstić information content (AvgIpc) is 2.95. The van der Waals surface area contributed by atoms with Crippen molar-refractivity contribution in [1.82, 2.24) is 0 Å². The summed E-state index contributed by atoms with van der Waals surface area (Å²) in [6.45, 7) is 0. The summed E-state index contributed by atoms with van der Waals surface area (Å²) in [5, 5.41) is 2.58. The van der Waals surface area contributed by atoms with E-state index in [1.54, 1.807) is 0 Å². The van der Waals surface area contributed by atoms with Gasteiger partial charge in [-0.1, -0.05) is 121 Å². The number of benzene rings is 6. The van der Waals surface area contributed by atoms with Gasteiger partial charge in [-0.2, -0.15) is 0 Å². The van der Waals surface area contributed by atoms with Crippen LogP contribution in [0, 0.1) is 0 Å². The summed E-state index contributed by atoms with van der Waals surface area (Å²) in [6.07, 6.45) is 0. The Morgan fingerprint density at radius 1 is 0.417 bits per heavy atom. The molecule has 6 aromatic rings. The molecule has 0 atom stereocenters.